The highest BCUT2D eigenvalue weighted by Crippen LogP contribution is 2.32. The van der Waals surface area contributed by atoms with E-state index in [0.29, 0.717) is 13.0 Å². The molecule has 1 heterocycles. The number of hydrogen-bond acceptors (Lipinski definition) is 4. The van der Waals surface area contributed by atoms with E-state index in [1.165, 1.54) is 0 Å². The zero-order valence-electron chi connectivity index (χ0n) is 19.8. The number of fused-ring (bicyclic) bond motifs is 3. The fourth-order valence-corrected chi connectivity index (χ4v) is 5.09. The number of carboxylic acid groups (broad SMARTS) is 1. The summed E-state index contributed by atoms with van der Waals surface area (Å²) in [5.74, 6) is -0.415. The molecule has 0 saturated carbocycles. The van der Waals surface area contributed by atoms with Crippen LogP contribution in [0.25, 0.3) is 12.2 Å². The van der Waals surface area contributed by atoms with Gasteiger partial charge >= 0.3 is 5.97 Å². The highest BCUT2D eigenvalue weighted by Gasteiger charge is 2.32. The Morgan fingerprint density at radius 3 is 2.58 bits per heavy atom. The number of hydrogen-bond donors (Lipinski definition) is 2. The summed E-state index contributed by atoms with van der Waals surface area (Å²) in [5.41, 5.74) is 8.51. The molecule has 2 aliphatic carbocycles. The van der Waals surface area contributed by atoms with Crippen LogP contribution in [-0.4, -0.2) is 28.2 Å². The largest absolute Gasteiger partial charge is 0.480 e. The second-order valence-corrected chi connectivity index (χ2v) is 8.97. The summed E-state index contributed by atoms with van der Waals surface area (Å²) >= 11 is 0. The second-order valence-electron chi connectivity index (χ2n) is 8.97. The van der Waals surface area contributed by atoms with Crippen LogP contribution in [0.1, 0.15) is 48.0 Å². The third-order valence-electron chi connectivity index (χ3n) is 6.63. The monoisotopic (exact) mass is 484 g/mol. The minimum Gasteiger partial charge on any atom is -0.480 e. The Morgan fingerprint density at radius 2 is 1.81 bits per heavy atom. The quantitative estimate of drug-likeness (QED) is 0.510. The lowest BCUT2D eigenvalue weighted by atomic mass is 9.89. The van der Waals surface area contributed by atoms with Gasteiger partial charge in [0.25, 0.3) is 0 Å². The van der Waals surface area contributed by atoms with E-state index < -0.39 is 24.6 Å². The van der Waals surface area contributed by atoms with Crippen LogP contribution in [0, 0.1) is 0 Å². The number of ether oxygens (including phenoxy) is 2. The lowest BCUT2D eigenvalue weighted by molar-refractivity contribution is -0.143. The minimum absolute atomic E-state index is 0.383. The topological polar surface area (TPSA) is 104 Å². The van der Waals surface area contributed by atoms with Gasteiger partial charge in [0.1, 0.15) is 24.2 Å². The molecule has 1 amide bonds. The van der Waals surface area contributed by atoms with Crippen LogP contribution >= 0.6 is 0 Å². The summed E-state index contributed by atoms with van der Waals surface area (Å²) in [4.78, 5) is 23.8. The summed E-state index contributed by atoms with van der Waals surface area (Å²) < 4.78 is 14.1. The molecule has 7 nitrogen and oxygen atoms in total. The molecule has 0 fully saturated rings. The zero-order valence-corrected chi connectivity index (χ0v) is 19.8. The molecular formula is C29H28N2O5. The molecule has 3 aromatic rings. The number of nitrogens with two attached hydrogens (primary N) is 1. The van der Waals surface area contributed by atoms with E-state index in [9.17, 15) is 14.7 Å². The van der Waals surface area contributed by atoms with Crippen molar-refractivity contribution in [1.82, 2.24) is 4.57 Å². The van der Waals surface area contributed by atoms with Crippen LogP contribution < -0.4 is 21.2 Å². The van der Waals surface area contributed by atoms with Gasteiger partial charge in [0, 0.05) is 21.8 Å². The van der Waals surface area contributed by atoms with Gasteiger partial charge in [-0.15, -0.1) is 0 Å². The Balaban J connectivity index is 1.64. The maximum atomic E-state index is 12.6. The Hall–Kier alpha value is -4.10. The minimum atomic E-state index is -1.05. The average Bonchev–Trinajstić information content (AvgIpc) is 3.02. The lowest BCUT2D eigenvalue weighted by Gasteiger charge is -2.20. The van der Waals surface area contributed by atoms with Crippen molar-refractivity contribution >= 4 is 24.0 Å². The number of carbonyl (C=O) groups excluding carboxylic acids is 1. The van der Waals surface area contributed by atoms with Gasteiger partial charge in [-0.25, -0.2) is 4.79 Å². The van der Waals surface area contributed by atoms with Gasteiger partial charge in [0.2, 0.25) is 5.91 Å². The van der Waals surface area contributed by atoms with Gasteiger partial charge < -0.3 is 24.9 Å². The van der Waals surface area contributed by atoms with Crippen LogP contribution in [0.2, 0.25) is 0 Å². The maximum Gasteiger partial charge on any atom is 0.329 e. The van der Waals surface area contributed by atoms with E-state index in [2.05, 4.69) is 10.6 Å². The highest BCUT2D eigenvalue weighted by molar-refractivity contribution is 5.83. The molecule has 5 rings (SSSR count). The molecule has 0 saturated heterocycles. The first-order valence-corrected chi connectivity index (χ1v) is 12.1. The van der Waals surface area contributed by atoms with Crippen LogP contribution in [0.5, 0.6) is 11.5 Å². The first-order valence-electron chi connectivity index (χ1n) is 12.1. The number of carbonyl (C=O) groups is 2. The van der Waals surface area contributed by atoms with Gasteiger partial charge in [-0.3, -0.25) is 4.79 Å². The smallest absolute Gasteiger partial charge is 0.329 e. The van der Waals surface area contributed by atoms with Crippen molar-refractivity contribution in [2.45, 2.75) is 37.8 Å². The number of rotatable bonds is 8. The molecule has 0 radical (unpaired) electrons. The number of allylic oxidation sites excluding steroid dienone is 1. The fraction of sp³-hybridized carbons (Fsp3) is 0.241. The summed E-state index contributed by atoms with van der Waals surface area (Å²) in [6.45, 7) is 0.0613. The zero-order chi connectivity index (χ0) is 25.1. The normalized spacial score (nSPS) is 18.2. The molecular weight excluding hydrogens is 456 g/mol. The van der Waals surface area contributed by atoms with Crippen LogP contribution in [0.3, 0.4) is 0 Å². The van der Waals surface area contributed by atoms with E-state index >= 15 is 0 Å². The second kappa shape index (κ2) is 10.3. The Morgan fingerprint density at radius 1 is 1.03 bits per heavy atom. The van der Waals surface area contributed by atoms with Crippen LogP contribution in [-0.2, 0) is 20.9 Å². The summed E-state index contributed by atoms with van der Waals surface area (Å²) in [6.07, 6.45) is 9.54. The van der Waals surface area contributed by atoms with Crippen LogP contribution in [0.15, 0.2) is 66.7 Å². The number of aromatic nitrogens is 1. The first kappa shape index (κ1) is 23.6. The van der Waals surface area contributed by atoms with Crippen molar-refractivity contribution in [3.8, 4) is 11.5 Å². The van der Waals surface area contributed by atoms with Crippen molar-refractivity contribution < 1.29 is 24.2 Å². The van der Waals surface area contributed by atoms with E-state index in [4.69, 9.17) is 15.2 Å². The summed E-state index contributed by atoms with van der Waals surface area (Å²) in [7, 11) is 0. The molecule has 0 spiro atoms. The Kier molecular flexibility index (Phi) is 6.73. The predicted octanol–water partition coefficient (Wildman–Crippen LogP) is 3.35. The number of amides is 1. The lowest BCUT2D eigenvalue weighted by Crippen LogP contribution is -2.30. The Labute approximate surface area is 208 Å². The van der Waals surface area contributed by atoms with Gasteiger partial charge in [-0.1, -0.05) is 54.6 Å². The number of aliphatic carboxylic acids is 1. The van der Waals surface area contributed by atoms with Gasteiger partial charge in [-0.2, -0.15) is 0 Å². The standard InChI is InChI=1S/C29H28N2O5/c30-29(34)21-12-5-6-13-22-27(21)28-23(14-8-16-25(28)35-18-26(32)33)31(22)17-19-9-4-7-15-24(19)36-20-10-2-1-3-11-20/h1-4,7-11,13-16,21,25H,5-6,12,17-18H2,(H2,30,34)(H,32,33). The van der Waals surface area contributed by atoms with Crippen molar-refractivity contribution in [2.24, 2.45) is 5.73 Å². The predicted molar refractivity (Wildman–Crippen MR) is 136 cm³/mol. The highest BCUT2D eigenvalue weighted by atomic mass is 16.5. The molecule has 2 atom stereocenters. The summed E-state index contributed by atoms with van der Waals surface area (Å²) in [6, 6.07) is 17.5. The summed E-state index contributed by atoms with van der Waals surface area (Å²) in [5, 5.41) is 11.0. The third kappa shape index (κ3) is 4.70. The molecule has 0 bridgehead atoms. The van der Waals surface area contributed by atoms with E-state index in [1.54, 1.807) is 0 Å². The van der Waals surface area contributed by atoms with Gasteiger partial charge in [0.15, 0.2) is 0 Å². The van der Waals surface area contributed by atoms with Crippen molar-refractivity contribution in [3.63, 3.8) is 0 Å². The van der Waals surface area contributed by atoms with Gasteiger partial charge in [0.05, 0.1) is 12.5 Å². The van der Waals surface area contributed by atoms with Crippen molar-refractivity contribution in [2.75, 3.05) is 6.61 Å². The number of nitrogens with zero attached hydrogens (tertiary/aromatic N) is 1. The molecule has 184 valence electrons. The Bertz CT molecular complexity index is 1440. The maximum absolute atomic E-state index is 12.6. The first-order chi connectivity index (χ1) is 17.5. The van der Waals surface area contributed by atoms with Crippen LogP contribution in [0.4, 0.5) is 0 Å². The number of carboxylic acids is 1. The molecule has 1 aromatic heterocycles. The molecule has 3 N–H and O–H groups in total. The number of primary amides is 1. The fourth-order valence-electron chi connectivity index (χ4n) is 5.09. The number of para-hydroxylation sites is 2. The average molecular weight is 485 g/mol. The SMILES string of the molecule is NC(=O)C1CCCC=c2c1c1c(n2Cc2ccccc2Oc2ccccc2)=CC=CC1OCC(=O)O. The van der Waals surface area contributed by atoms with E-state index in [-0.39, 0.29) is 5.91 Å². The third-order valence-corrected chi connectivity index (χ3v) is 6.63. The van der Waals surface area contributed by atoms with E-state index in [0.717, 1.165) is 51.7 Å². The van der Waals surface area contributed by atoms with Gasteiger partial charge in [-0.05, 0) is 49.1 Å². The molecule has 2 aromatic carbocycles. The van der Waals surface area contributed by atoms with Crippen molar-refractivity contribution in [3.05, 3.63) is 94.1 Å². The molecule has 0 aliphatic heterocycles. The molecule has 36 heavy (non-hydrogen) atoms. The van der Waals surface area contributed by atoms with Crippen molar-refractivity contribution in [1.29, 1.82) is 0 Å². The van der Waals surface area contributed by atoms with E-state index in [1.807, 2.05) is 72.8 Å². The molecule has 2 unspecified atom stereocenters. The molecule has 7 heteroatoms. The number of benzene rings is 2. The molecule has 2 aliphatic rings.